The van der Waals surface area contributed by atoms with E-state index in [1.807, 2.05) is 6.07 Å². The Morgan fingerprint density at radius 1 is 1.16 bits per heavy atom. The second kappa shape index (κ2) is 7.61. The van der Waals surface area contributed by atoms with Crippen molar-refractivity contribution in [3.05, 3.63) is 24.2 Å². The van der Waals surface area contributed by atoms with E-state index in [9.17, 15) is 14.4 Å². The van der Waals surface area contributed by atoms with Crippen LogP contribution in [0.5, 0.6) is 0 Å². The first kappa shape index (κ1) is 21.5. The Balaban J connectivity index is 1.58. The van der Waals surface area contributed by atoms with Crippen LogP contribution in [0.1, 0.15) is 64.5 Å². The zero-order chi connectivity index (χ0) is 22.7. The highest BCUT2D eigenvalue weighted by molar-refractivity contribution is 5.81. The van der Waals surface area contributed by atoms with Crippen LogP contribution in [0.2, 0.25) is 0 Å². The van der Waals surface area contributed by atoms with Gasteiger partial charge in [0.2, 0.25) is 6.29 Å². The third kappa shape index (κ3) is 2.95. The van der Waals surface area contributed by atoms with Crippen molar-refractivity contribution in [1.82, 2.24) is 0 Å². The molecular formula is C24H30O8. The van der Waals surface area contributed by atoms with Gasteiger partial charge in [-0.05, 0) is 37.2 Å². The second-order valence-electron chi connectivity index (χ2n) is 9.92. The molecule has 2 aliphatic heterocycles. The standard InChI is InChI=1S/C24H30O8/c1-13-9-20(30-14(2)25)24-12-29-21(31-15(3)26)17(24)5-4-6-19(24)23(13)10-18(32-22(23)27)16-7-8-28-11-16/h7-8,11,13,17-21H,4-6,9-10,12H2,1-3H3. The average molecular weight is 446 g/mol. The van der Waals surface area contributed by atoms with Crippen LogP contribution in [-0.2, 0) is 33.3 Å². The SMILES string of the molecule is CC(=O)OC1OCC23C(OC(C)=O)CC(C)C4(CC(c5ccoc5)OC4=O)C2CCCC13. The lowest BCUT2D eigenvalue weighted by molar-refractivity contribution is -0.209. The topological polar surface area (TPSA) is 101 Å². The van der Waals surface area contributed by atoms with Crippen molar-refractivity contribution in [2.24, 2.45) is 28.6 Å². The molecule has 32 heavy (non-hydrogen) atoms. The number of hydrogen-bond acceptors (Lipinski definition) is 8. The van der Waals surface area contributed by atoms with Gasteiger partial charge in [0, 0.05) is 37.2 Å². The van der Waals surface area contributed by atoms with Crippen molar-refractivity contribution in [1.29, 1.82) is 0 Å². The predicted octanol–water partition coefficient (Wildman–Crippen LogP) is 3.55. The first-order valence-electron chi connectivity index (χ1n) is 11.5. The molecule has 0 amide bonds. The number of ether oxygens (including phenoxy) is 4. The first-order chi connectivity index (χ1) is 15.3. The average Bonchev–Trinajstić information content (AvgIpc) is 3.44. The van der Waals surface area contributed by atoms with Crippen molar-refractivity contribution in [3.63, 3.8) is 0 Å². The van der Waals surface area contributed by atoms with Gasteiger partial charge in [-0.15, -0.1) is 0 Å². The van der Waals surface area contributed by atoms with Gasteiger partial charge in [0.05, 0.1) is 24.5 Å². The monoisotopic (exact) mass is 446 g/mol. The lowest BCUT2D eigenvalue weighted by atomic mass is 9.43. The summed E-state index contributed by atoms with van der Waals surface area (Å²) in [5.74, 6) is -1.24. The Bertz CT molecular complexity index is 909. The summed E-state index contributed by atoms with van der Waals surface area (Å²) in [5, 5.41) is 0. The molecule has 4 aliphatic rings. The summed E-state index contributed by atoms with van der Waals surface area (Å²) in [6.45, 7) is 5.13. The summed E-state index contributed by atoms with van der Waals surface area (Å²) in [6, 6.07) is 1.83. The Hall–Kier alpha value is -2.35. The molecule has 0 N–H and O–H groups in total. The van der Waals surface area contributed by atoms with E-state index in [-0.39, 0.29) is 42.4 Å². The van der Waals surface area contributed by atoms with E-state index >= 15 is 0 Å². The van der Waals surface area contributed by atoms with Gasteiger partial charge in [0.1, 0.15) is 12.2 Å². The maximum Gasteiger partial charge on any atom is 0.313 e. The van der Waals surface area contributed by atoms with E-state index in [1.165, 1.54) is 13.8 Å². The fourth-order valence-electron chi connectivity index (χ4n) is 7.30. The third-order valence-corrected chi connectivity index (χ3v) is 8.50. The van der Waals surface area contributed by atoms with Crippen molar-refractivity contribution >= 4 is 17.9 Å². The van der Waals surface area contributed by atoms with Crippen LogP contribution < -0.4 is 0 Å². The van der Waals surface area contributed by atoms with E-state index in [0.717, 1.165) is 24.8 Å². The molecule has 1 aromatic heterocycles. The van der Waals surface area contributed by atoms with Crippen LogP contribution in [0.25, 0.3) is 0 Å². The molecule has 8 atom stereocenters. The van der Waals surface area contributed by atoms with Gasteiger partial charge in [-0.1, -0.05) is 13.3 Å². The van der Waals surface area contributed by atoms with E-state index in [1.54, 1.807) is 12.5 Å². The molecule has 174 valence electrons. The molecule has 5 rings (SSSR count). The minimum absolute atomic E-state index is 0.0431. The summed E-state index contributed by atoms with van der Waals surface area (Å²) < 4.78 is 28.7. The lowest BCUT2D eigenvalue weighted by Gasteiger charge is -2.59. The van der Waals surface area contributed by atoms with Crippen LogP contribution in [-0.4, -0.2) is 36.9 Å². The number of fused-ring (bicyclic) bond motifs is 1. The molecule has 8 unspecified atom stereocenters. The molecule has 2 saturated carbocycles. The van der Waals surface area contributed by atoms with Gasteiger partial charge >= 0.3 is 17.9 Å². The maximum atomic E-state index is 13.6. The van der Waals surface area contributed by atoms with Crippen LogP contribution in [0, 0.1) is 28.6 Å². The Kier molecular flexibility index (Phi) is 5.11. The molecule has 4 fully saturated rings. The van der Waals surface area contributed by atoms with Crippen molar-refractivity contribution in [3.8, 4) is 0 Å². The number of cyclic esters (lactones) is 1. The highest BCUT2D eigenvalue weighted by Crippen LogP contribution is 2.69. The van der Waals surface area contributed by atoms with Gasteiger partial charge < -0.3 is 23.4 Å². The molecule has 2 aliphatic carbocycles. The minimum atomic E-state index is -0.717. The molecule has 0 radical (unpaired) electrons. The predicted molar refractivity (Wildman–Crippen MR) is 109 cm³/mol. The Morgan fingerprint density at radius 3 is 2.62 bits per heavy atom. The van der Waals surface area contributed by atoms with E-state index in [0.29, 0.717) is 12.8 Å². The number of esters is 3. The molecule has 1 aromatic rings. The van der Waals surface area contributed by atoms with Crippen molar-refractivity contribution in [2.75, 3.05) is 6.61 Å². The molecule has 2 spiro atoms. The molecule has 0 bridgehead atoms. The Labute approximate surface area is 186 Å². The molecular weight excluding hydrogens is 416 g/mol. The normalized spacial score (nSPS) is 42.8. The smallest absolute Gasteiger partial charge is 0.313 e. The lowest BCUT2D eigenvalue weighted by Crippen LogP contribution is -2.64. The highest BCUT2D eigenvalue weighted by atomic mass is 16.7. The number of furan rings is 1. The fourth-order valence-corrected chi connectivity index (χ4v) is 7.30. The highest BCUT2D eigenvalue weighted by Gasteiger charge is 2.73. The van der Waals surface area contributed by atoms with Gasteiger partial charge in [-0.3, -0.25) is 14.4 Å². The largest absolute Gasteiger partial charge is 0.472 e. The summed E-state index contributed by atoms with van der Waals surface area (Å²) >= 11 is 0. The molecule has 8 nitrogen and oxygen atoms in total. The molecule has 0 aromatic carbocycles. The quantitative estimate of drug-likeness (QED) is 0.513. The van der Waals surface area contributed by atoms with Crippen LogP contribution in [0.4, 0.5) is 0 Å². The van der Waals surface area contributed by atoms with Crippen LogP contribution in [0.3, 0.4) is 0 Å². The zero-order valence-corrected chi connectivity index (χ0v) is 18.7. The number of carbonyl (C=O) groups excluding carboxylic acids is 3. The summed E-state index contributed by atoms with van der Waals surface area (Å²) in [6.07, 6.45) is 5.31. The number of carbonyl (C=O) groups is 3. The second-order valence-corrected chi connectivity index (χ2v) is 9.92. The summed E-state index contributed by atoms with van der Waals surface area (Å²) in [7, 11) is 0. The zero-order valence-electron chi connectivity index (χ0n) is 18.7. The minimum Gasteiger partial charge on any atom is -0.472 e. The summed E-state index contributed by atoms with van der Waals surface area (Å²) in [4.78, 5) is 37.4. The van der Waals surface area contributed by atoms with E-state index in [2.05, 4.69) is 6.92 Å². The first-order valence-corrected chi connectivity index (χ1v) is 11.5. The maximum absolute atomic E-state index is 13.6. The Morgan fingerprint density at radius 2 is 1.94 bits per heavy atom. The van der Waals surface area contributed by atoms with Crippen LogP contribution >= 0.6 is 0 Å². The fraction of sp³-hybridized carbons (Fsp3) is 0.708. The van der Waals surface area contributed by atoms with E-state index in [4.69, 9.17) is 23.4 Å². The van der Waals surface area contributed by atoms with Crippen LogP contribution in [0.15, 0.2) is 23.0 Å². The van der Waals surface area contributed by atoms with Gasteiger partial charge in [-0.25, -0.2) is 0 Å². The molecule has 3 heterocycles. The summed E-state index contributed by atoms with van der Waals surface area (Å²) in [5.41, 5.74) is -0.460. The van der Waals surface area contributed by atoms with Crippen molar-refractivity contribution < 1.29 is 37.7 Å². The third-order valence-electron chi connectivity index (χ3n) is 8.50. The van der Waals surface area contributed by atoms with Gasteiger partial charge in [-0.2, -0.15) is 0 Å². The number of rotatable bonds is 3. The van der Waals surface area contributed by atoms with Crippen molar-refractivity contribution in [2.45, 2.75) is 71.4 Å². The van der Waals surface area contributed by atoms with Gasteiger partial charge in [0.25, 0.3) is 0 Å². The molecule has 8 heteroatoms. The van der Waals surface area contributed by atoms with E-state index < -0.39 is 29.2 Å². The van der Waals surface area contributed by atoms with Gasteiger partial charge in [0.15, 0.2) is 0 Å². The molecule has 2 saturated heterocycles. The number of hydrogen-bond donors (Lipinski definition) is 0.